The number of carbonyl (C=O) groups excluding carboxylic acids is 2. The zero-order valence-electron chi connectivity index (χ0n) is 8.33. The van der Waals surface area contributed by atoms with Crippen LogP contribution in [-0.4, -0.2) is 36.0 Å². The van der Waals surface area contributed by atoms with Crippen LogP contribution in [-0.2, 0) is 9.59 Å². The van der Waals surface area contributed by atoms with Gasteiger partial charge in [0.1, 0.15) is 0 Å². The van der Waals surface area contributed by atoms with Crippen molar-refractivity contribution in [3.8, 4) is 0 Å². The van der Waals surface area contributed by atoms with Gasteiger partial charge in [-0.3, -0.25) is 14.9 Å². The summed E-state index contributed by atoms with van der Waals surface area (Å²) in [6.07, 6.45) is -2.93. The minimum absolute atomic E-state index is 0.0866. The average molecular weight is 238 g/mol. The molecule has 0 aromatic rings. The van der Waals surface area contributed by atoms with E-state index >= 15 is 0 Å². The maximum absolute atomic E-state index is 11.6. The highest BCUT2D eigenvalue weighted by molar-refractivity contribution is 5.94. The molecule has 0 unspecified atom stereocenters. The topological polar surface area (TPSA) is 95.5 Å². The van der Waals surface area contributed by atoms with Gasteiger partial charge in [0.2, 0.25) is 5.91 Å². The second-order valence-electron chi connectivity index (χ2n) is 2.90. The first-order chi connectivity index (χ1) is 7.41. The molecule has 16 heavy (non-hydrogen) atoms. The number of hydrogen-bond acceptors (Lipinski definition) is 3. The molecule has 0 aliphatic rings. The van der Waals surface area contributed by atoms with Crippen molar-refractivity contribution < 1.29 is 28.3 Å². The van der Waals surface area contributed by atoms with Crippen molar-refractivity contribution >= 4 is 17.9 Å². The molecular weight excluding hydrogens is 226 g/mol. The van der Waals surface area contributed by atoms with Gasteiger partial charge in [0.25, 0.3) is 6.43 Å². The minimum atomic E-state index is -2.69. The van der Waals surface area contributed by atoms with Crippen molar-refractivity contribution in [3.05, 3.63) is 0 Å². The lowest BCUT2D eigenvalue weighted by Gasteiger charge is -2.05. The number of hydrogen-bond donors (Lipinski definition) is 3. The quantitative estimate of drug-likeness (QED) is 0.621. The number of carboxylic acids is 1. The Morgan fingerprint density at radius 1 is 1.19 bits per heavy atom. The molecule has 6 nitrogen and oxygen atoms in total. The Kier molecular flexibility index (Phi) is 6.73. The standard InChI is InChI=1S/C8H12F2N2O4/c9-5(10)4-11-8(16)12-6(13)2-1-3-7(14)15/h5H,1-4H2,(H,14,15)(H2,11,12,13,16). The zero-order valence-corrected chi connectivity index (χ0v) is 8.33. The highest BCUT2D eigenvalue weighted by atomic mass is 19.3. The summed E-state index contributed by atoms with van der Waals surface area (Å²) in [4.78, 5) is 31.8. The first kappa shape index (κ1) is 14.3. The maximum atomic E-state index is 11.6. The summed E-state index contributed by atoms with van der Waals surface area (Å²) < 4.78 is 23.3. The fraction of sp³-hybridized carbons (Fsp3) is 0.625. The molecule has 0 heterocycles. The van der Waals surface area contributed by atoms with Crippen molar-refractivity contribution in [3.63, 3.8) is 0 Å². The number of aliphatic carboxylic acids is 1. The molecule has 3 N–H and O–H groups in total. The molecule has 0 atom stereocenters. The second kappa shape index (κ2) is 7.55. The van der Waals surface area contributed by atoms with Gasteiger partial charge in [-0.25, -0.2) is 13.6 Å². The predicted octanol–water partition coefficient (Wildman–Crippen LogP) is 0.332. The molecular formula is C8H12F2N2O4. The van der Waals surface area contributed by atoms with E-state index in [0.29, 0.717) is 0 Å². The summed E-state index contributed by atoms with van der Waals surface area (Å²) in [7, 11) is 0. The molecule has 0 fully saturated rings. The highest BCUT2D eigenvalue weighted by Gasteiger charge is 2.10. The molecule has 0 aromatic carbocycles. The van der Waals surface area contributed by atoms with Crippen molar-refractivity contribution in [2.45, 2.75) is 25.7 Å². The second-order valence-corrected chi connectivity index (χ2v) is 2.90. The molecule has 0 spiro atoms. The van der Waals surface area contributed by atoms with E-state index in [4.69, 9.17) is 5.11 Å². The first-order valence-corrected chi connectivity index (χ1v) is 4.49. The van der Waals surface area contributed by atoms with Gasteiger partial charge in [0.05, 0.1) is 6.54 Å². The fourth-order valence-electron chi connectivity index (χ4n) is 0.803. The normalized spacial score (nSPS) is 9.94. The Bertz CT molecular complexity index is 271. The Hall–Kier alpha value is -1.73. The van der Waals surface area contributed by atoms with Gasteiger partial charge in [-0.05, 0) is 6.42 Å². The van der Waals surface area contributed by atoms with Crippen LogP contribution in [0.2, 0.25) is 0 Å². The number of nitrogens with one attached hydrogen (secondary N) is 2. The van der Waals surface area contributed by atoms with Gasteiger partial charge in [-0.15, -0.1) is 0 Å². The number of halogens is 2. The summed E-state index contributed by atoms with van der Waals surface area (Å²) in [5.41, 5.74) is 0. The van der Waals surface area contributed by atoms with Crippen LogP contribution < -0.4 is 10.6 Å². The monoisotopic (exact) mass is 238 g/mol. The van der Waals surface area contributed by atoms with E-state index in [-0.39, 0.29) is 19.3 Å². The van der Waals surface area contributed by atoms with Crippen LogP contribution in [0.3, 0.4) is 0 Å². The molecule has 0 saturated carbocycles. The number of carbonyl (C=O) groups is 3. The van der Waals surface area contributed by atoms with Gasteiger partial charge < -0.3 is 10.4 Å². The Morgan fingerprint density at radius 2 is 1.81 bits per heavy atom. The summed E-state index contributed by atoms with van der Waals surface area (Å²) in [6.45, 7) is -0.839. The molecule has 0 rings (SSSR count). The summed E-state index contributed by atoms with van der Waals surface area (Å²) >= 11 is 0. The zero-order chi connectivity index (χ0) is 12.6. The Morgan fingerprint density at radius 3 is 2.31 bits per heavy atom. The number of amides is 3. The van der Waals surface area contributed by atoms with Crippen LogP contribution in [0.25, 0.3) is 0 Å². The molecule has 0 bridgehead atoms. The van der Waals surface area contributed by atoms with Gasteiger partial charge in [0.15, 0.2) is 0 Å². The average Bonchev–Trinajstić information content (AvgIpc) is 2.14. The van der Waals surface area contributed by atoms with E-state index in [1.807, 2.05) is 0 Å². The lowest BCUT2D eigenvalue weighted by molar-refractivity contribution is -0.137. The van der Waals surface area contributed by atoms with Crippen LogP contribution in [0.15, 0.2) is 0 Å². The third kappa shape index (κ3) is 8.85. The Balaban J connectivity index is 3.62. The number of carboxylic acid groups (broad SMARTS) is 1. The van der Waals surface area contributed by atoms with Crippen LogP contribution in [0.5, 0.6) is 0 Å². The molecule has 0 radical (unpaired) electrons. The SMILES string of the molecule is O=C(O)CCCC(=O)NC(=O)NCC(F)F. The highest BCUT2D eigenvalue weighted by Crippen LogP contribution is 1.94. The maximum Gasteiger partial charge on any atom is 0.321 e. The number of alkyl halides is 2. The Labute approximate surface area is 90.0 Å². The van der Waals surface area contributed by atoms with E-state index in [1.165, 1.54) is 0 Å². The number of rotatable bonds is 6. The largest absolute Gasteiger partial charge is 0.481 e. The van der Waals surface area contributed by atoms with E-state index in [9.17, 15) is 23.2 Å². The van der Waals surface area contributed by atoms with Gasteiger partial charge in [0, 0.05) is 12.8 Å². The molecule has 0 aromatic heterocycles. The molecule has 8 heteroatoms. The summed E-state index contributed by atoms with van der Waals surface area (Å²) in [5.74, 6) is -1.75. The van der Waals surface area contributed by atoms with E-state index in [2.05, 4.69) is 0 Å². The smallest absolute Gasteiger partial charge is 0.321 e. The van der Waals surface area contributed by atoms with Crippen LogP contribution in [0, 0.1) is 0 Å². The van der Waals surface area contributed by atoms with Crippen LogP contribution in [0.4, 0.5) is 13.6 Å². The number of imide groups is 1. The molecule has 0 aliphatic heterocycles. The summed E-state index contributed by atoms with van der Waals surface area (Å²) in [6, 6.07) is -1.01. The minimum Gasteiger partial charge on any atom is -0.481 e. The molecule has 0 saturated heterocycles. The van der Waals surface area contributed by atoms with Gasteiger partial charge in [-0.1, -0.05) is 0 Å². The third-order valence-electron chi connectivity index (χ3n) is 1.46. The fourth-order valence-corrected chi connectivity index (χ4v) is 0.803. The van der Waals surface area contributed by atoms with Crippen LogP contribution >= 0.6 is 0 Å². The van der Waals surface area contributed by atoms with Crippen LogP contribution in [0.1, 0.15) is 19.3 Å². The number of urea groups is 1. The summed E-state index contributed by atoms with van der Waals surface area (Å²) in [5, 5.41) is 11.8. The third-order valence-corrected chi connectivity index (χ3v) is 1.46. The van der Waals surface area contributed by atoms with Crippen molar-refractivity contribution in [2.75, 3.05) is 6.54 Å². The first-order valence-electron chi connectivity index (χ1n) is 4.49. The van der Waals surface area contributed by atoms with E-state index in [0.717, 1.165) is 0 Å². The van der Waals surface area contributed by atoms with Crippen molar-refractivity contribution in [1.29, 1.82) is 0 Å². The molecule has 0 aliphatic carbocycles. The lowest BCUT2D eigenvalue weighted by Crippen LogP contribution is -2.41. The predicted molar refractivity (Wildman–Crippen MR) is 49.0 cm³/mol. The lowest BCUT2D eigenvalue weighted by atomic mass is 10.2. The van der Waals surface area contributed by atoms with Gasteiger partial charge in [-0.2, -0.15) is 0 Å². The van der Waals surface area contributed by atoms with Crippen molar-refractivity contribution in [2.24, 2.45) is 0 Å². The molecule has 92 valence electrons. The molecule has 3 amide bonds. The van der Waals surface area contributed by atoms with Gasteiger partial charge >= 0.3 is 12.0 Å². The van der Waals surface area contributed by atoms with Crippen molar-refractivity contribution in [1.82, 2.24) is 10.6 Å². The van der Waals surface area contributed by atoms with E-state index in [1.54, 1.807) is 10.6 Å². The van der Waals surface area contributed by atoms with E-state index < -0.39 is 30.9 Å².